The number of aromatic nitrogens is 1. The van der Waals surface area contributed by atoms with Crippen LogP contribution in [0.2, 0.25) is 0 Å². The van der Waals surface area contributed by atoms with E-state index in [1.54, 1.807) is 10.8 Å². The molecule has 0 atom stereocenters. The van der Waals surface area contributed by atoms with Crippen molar-refractivity contribution in [1.29, 1.82) is 0 Å². The normalized spacial score (nSPS) is 16.9. The molecular weight excluding hydrogens is 330 g/mol. The van der Waals surface area contributed by atoms with E-state index in [2.05, 4.69) is 21.9 Å². The lowest BCUT2D eigenvalue weighted by molar-refractivity contribution is 0.0544. The summed E-state index contributed by atoms with van der Waals surface area (Å²) in [5.74, 6) is 0. The molecule has 1 aliphatic heterocycles. The van der Waals surface area contributed by atoms with Crippen LogP contribution < -0.4 is 0 Å². The van der Waals surface area contributed by atoms with Crippen LogP contribution in [0.15, 0.2) is 30.5 Å². The van der Waals surface area contributed by atoms with Gasteiger partial charge in [0.2, 0.25) is 0 Å². The summed E-state index contributed by atoms with van der Waals surface area (Å²) < 4.78 is 7.03. The molecule has 26 heavy (non-hydrogen) atoms. The summed E-state index contributed by atoms with van der Waals surface area (Å²) in [4.78, 5) is 17.1. The lowest BCUT2D eigenvalue weighted by atomic mass is 10.1. The quantitative estimate of drug-likeness (QED) is 0.909. The Balaban J connectivity index is 1.66. The molecule has 6 heteroatoms. The average molecular weight is 359 g/mol. The van der Waals surface area contributed by atoms with Crippen LogP contribution in [0.1, 0.15) is 26.3 Å². The van der Waals surface area contributed by atoms with Crippen molar-refractivity contribution in [2.45, 2.75) is 32.9 Å². The van der Waals surface area contributed by atoms with Gasteiger partial charge in [-0.25, -0.2) is 4.79 Å². The van der Waals surface area contributed by atoms with Crippen molar-refractivity contribution >= 4 is 17.0 Å². The van der Waals surface area contributed by atoms with E-state index in [0.717, 1.165) is 50.2 Å². The topological polar surface area (TPSA) is 57.9 Å². The first-order valence-electron chi connectivity index (χ1n) is 9.24. The summed E-state index contributed by atoms with van der Waals surface area (Å²) in [6.45, 7) is 11.5. The lowest BCUT2D eigenvalue weighted by Crippen LogP contribution is -2.46. The van der Waals surface area contributed by atoms with Crippen LogP contribution in [0.3, 0.4) is 0 Å². The number of carbonyl (C=O) groups is 1. The Morgan fingerprint density at radius 1 is 1.12 bits per heavy atom. The van der Waals surface area contributed by atoms with Crippen LogP contribution in [0.4, 0.5) is 4.79 Å². The van der Waals surface area contributed by atoms with E-state index in [4.69, 9.17) is 9.84 Å². The molecule has 1 aromatic heterocycles. The minimum absolute atomic E-state index is 0.227. The second-order valence-corrected chi connectivity index (χ2v) is 7.90. The van der Waals surface area contributed by atoms with Crippen molar-refractivity contribution < 1.29 is 14.6 Å². The van der Waals surface area contributed by atoms with Gasteiger partial charge in [0.05, 0.1) is 12.1 Å². The molecule has 1 fully saturated rings. The molecule has 0 spiro atoms. The third-order valence-corrected chi connectivity index (χ3v) is 4.63. The second-order valence-electron chi connectivity index (χ2n) is 7.90. The van der Waals surface area contributed by atoms with Gasteiger partial charge in [0.15, 0.2) is 0 Å². The van der Waals surface area contributed by atoms with E-state index >= 15 is 0 Å². The van der Waals surface area contributed by atoms with Crippen LogP contribution in [0.25, 0.3) is 10.9 Å². The van der Waals surface area contributed by atoms with Crippen molar-refractivity contribution in [3.8, 4) is 0 Å². The fourth-order valence-corrected chi connectivity index (χ4v) is 3.33. The number of β-amino-alcohol motifs (C(OH)–C–C–N with tert-alkyl or cyclic N) is 1. The highest BCUT2D eigenvalue weighted by molar-refractivity contribution is 5.89. The highest BCUT2D eigenvalue weighted by Crippen LogP contribution is 2.21. The molecule has 0 saturated carbocycles. The third kappa shape index (κ3) is 4.63. The number of carbonyl (C=O) groups excluding carboxylic acids is 1. The van der Waals surface area contributed by atoms with Gasteiger partial charge in [-0.15, -0.1) is 0 Å². The highest BCUT2D eigenvalue weighted by Gasteiger charge is 2.20. The lowest BCUT2D eigenvalue weighted by Gasteiger charge is -2.34. The van der Waals surface area contributed by atoms with Crippen LogP contribution in [-0.4, -0.2) is 70.5 Å². The molecule has 0 unspecified atom stereocenters. The summed E-state index contributed by atoms with van der Waals surface area (Å²) in [5, 5.41) is 10.1. The molecule has 142 valence electrons. The Morgan fingerprint density at radius 2 is 1.81 bits per heavy atom. The first kappa shape index (κ1) is 18.9. The molecule has 0 amide bonds. The zero-order valence-electron chi connectivity index (χ0n) is 15.9. The molecule has 1 aromatic carbocycles. The van der Waals surface area contributed by atoms with E-state index in [9.17, 15) is 4.79 Å². The van der Waals surface area contributed by atoms with Gasteiger partial charge in [0.25, 0.3) is 0 Å². The number of rotatable bonds is 4. The molecule has 2 aromatic rings. The van der Waals surface area contributed by atoms with Gasteiger partial charge >= 0.3 is 6.09 Å². The van der Waals surface area contributed by atoms with Gasteiger partial charge in [0, 0.05) is 50.9 Å². The molecule has 1 N–H and O–H groups in total. The standard InChI is InChI=1S/C20H29N3O3/c1-20(2,3)26-19(25)23-7-6-17-14-16(4-5-18(17)23)15-22-10-8-21(9-11-22)12-13-24/h4-7,14,24H,8-13,15H2,1-3H3. The number of benzene rings is 1. The summed E-state index contributed by atoms with van der Waals surface area (Å²) in [6, 6.07) is 8.19. The van der Waals surface area contributed by atoms with Crippen molar-refractivity contribution in [2.24, 2.45) is 0 Å². The predicted molar refractivity (Wildman–Crippen MR) is 102 cm³/mol. The Morgan fingerprint density at radius 3 is 2.46 bits per heavy atom. The zero-order valence-corrected chi connectivity index (χ0v) is 15.9. The van der Waals surface area contributed by atoms with E-state index in [1.807, 2.05) is 32.9 Å². The predicted octanol–water partition coefficient (Wildman–Crippen LogP) is 2.53. The van der Waals surface area contributed by atoms with Crippen molar-refractivity contribution in [1.82, 2.24) is 14.4 Å². The van der Waals surface area contributed by atoms with Crippen molar-refractivity contribution in [3.05, 3.63) is 36.0 Å². The maximum absolute atomic E-state index is 12.3. The highest BCUT2D eigenvalue weighted by atomic mass is 16.6. The molecule has 0 radical (unpaired) electrons. The van der Waals surface area contributed by atoms with Gasteiger partial charge in [-0.2, -0.15) is 0 Å². The minimum atomic E-state index is -0.508. The minimum Gasteiger partial charge on any atom is -0.443 e. The Hall–Kier alpha value is -1.89. The Bertz CT molecular complexity index is 755. The SMILES string of the molecule is CC(C)(C)OC(=O)n1ccc2cc(CN3CCN(CCO)CC3)ccc21. The molecule has 1 saturated heterocycles. The summed E-state index contributed by atoms with van der Waals surface area (Å²) in [5.41, 5.74) is 1.61. The molecule has 6 nitrogen and oxygen atoms in total. The smallest absolute Gasteiger partial charge is 0.418 e. The number of aliphatic hydroxyl groups excluding tert-OH is 1. The van der Waals surface area contributed by atoms with Crippen LogP contribution in [0.5, 0.6) is 0 Å². The van der Waals surface area contributed by atoms with Gasteiger partial charge in [-0.05, 0) is 44.5 Å². The van der Waals surface area contributed by atoms with Crippen LogP contribution >= 0.6 is 0 Å². The number of ether oxygens (including phenoxy) is 1. The van der Waals surface area contributed by atoms with Crippen LogP contribution in [-0.2, 0) is 11.3 Å². The van der Waals surface area contributed by atoms with Crippen molar-refractivity contribution in [2.75, 3.05) is 39.3 Å². The summed E-state index contributed by atoms with van der Waals surface area (Å²) in [7, 11) is 0. The summed E-state index contributed by atoms with van der Waals surface area (Å²) in [6.07, 6.45) is 1.43. The number of fused-ring (bicyclic) bond motifs is 1. The van der Waals surface area contributed by atoms with Gasteiger partial charge < -0.3 is 9.84 Å². The summed E-state index contributed by atoms with van der Waals surface area (Å²) >= 11 is 0. The van der Waals surface area contributed by atoms with E-state index < -0.39 is 5.60 Å². The number of nitrogens with zero attached hydrogens (tertiary/aromatic N) is 3. The first-order chi connectivity index (χ1) is 12.4. The van der Waals surface area contributed by atoms with E-state index in [0.29, 0.717) is 0 Å². The Kier molecular flexibility index (Phi) is 5.65. The van der Waals surface area contributed by atoms with Gasteiger partial charge in [0.1, 0.15) is 5.60 Å². The second kappa shape index (κ2) is 7.78. The zero-order chi connectivity index (χ0) is 18.7. The largest absolute Gasteiger partial charge is 0.443 e. The molecule has 1 aliphatic rings. The Labute approximate surface area is 154 Å². The number of aliphatic hydroxyl groups is 1. The molecular formula is C20H29N3O3. The fourth-order valence-electron chi connectivity index (χ4n) is 3.33. The third-order valence-electron chi connectivity index (χ3n) is 4.63. The first-order valence-corrected chi connectivity index (χ1v) is 9.24. The number of piperazine rings is 1. The monoisotopic (exact) mass is 359 g/mol. The average Bonchev–Trinajstić information content (AvgIpc) is 2.99. The molecule has 0 aliphatic carbocycles. The maximum Gasteiger partial charge on any atom is 0.418 e. The maximum atomic E-state index is 12.3. The van der Waals surface area contributed by atoms with Crippen molar-refractivity contribution in [3.63, 3.8) is 0 Å². The molecule has 2 heterocycles. The van der Waals surface area contributed by atoms with Crippen LogP contribution in [0, 0.1) is 0 Å². The van der Waals surface area contributed by atoms with Gasteiger partial charge in [-0.1, -0.05) is 6.07 Å². The molecule has 0 bridgehead atoms. The van der Waals surface area contributed by atoms with E-state index in [1.165, 1.54) is 5.56 Å². The van der Waals surface area contributed by atoms with Gasteiger partial charge in [-0.3, -0.25) is 14.4 Å². The fraction of sp³-hybridized carbons (Fsp3) is 0.550. The number of hydrogen-bond donors (Lipinski definition) is 1. The number of hydrogen-bond acceptors (Lipinski definition) is 5. The van der Waals surface area contributed by atoms with E-state index in [-0.39, 0.29) is 12.7 Å². The molecule has 3 rings (SSSR count).